The van der Waals surface area contributed by atoms with Crippen molar-refractivity contribution in [3.8, 4) is 0 Å². The summed E-state index contributed by atoms with van der Waals surface area (Å²) in [7, 11) is 1.54. The van der Waals surface area contributed by atoms with E-state index in [1.165, 1.54) is 7.05 Å². The van der Waals surface area contributed by atoms with Gasteiger partial charge >= 0.3 is 6.09 Å². The fraction of sp³-hybridized carbons (Fsp3) is 0.792. The lowest BCUT2D eigenvalue weighted by molar-refractivity contribution is 0.0796. The van der Waals surface area contributed by atoms with E-state index in [-0.39, 0.29) is 17.3 Å². The third-order valence-corrected chi connectivity index (χ3v) is 6.18. The number of hydrogen-bond donors (Lipinski definition) is 4. The Morgan fingerprint density at radius 2 is 1.93 bits per heavy atom. The maximum absolute atomic E-state index is 11.0. The quantitative estimate of drug-likeness (QED) is 0.264. The van der Waals surface area contributed by atoms with E-state index in [1.807, 2.05) is 12.2 Å². The van der Waals surface area contributed by atoms with Crippen LogP contribution in [0.15, 0.2) is 24.3 Å². The lowest BCUT2D eigenvalue weighted by atomic mass is 9.80. The first kappa shape index (κ1) is 26.7. The van der Waals surface area contributed by atoms with Crippen molar-refractivity contribution in [2.24, 2.45) is 17.3 Å². The zero-order chi connectivity index (χ0) is 22.6. The molecular weight excluding hydrogens is 382 g/mol. The van der Waals surface area contributed by atoms with Crippen LogP contribution in [0.2, 0.25) is 0 Å². The highest BCUT2D eigenvalue weighted by Crippen LogP contribution is 2.37. The molecular formula is C24H43NO5. The fourth-order valence-corrected chi connectivity index (χ4v) is 3.95. The van der Waals surface area contributed by atoms with Crippen LogP contribution in [0.5, 0.6) is 0 Å². The maximum atomic E-state index is 11.0. The molecule has 0 bridgehead atoms. The molecule has 0 unspecified atom stereocenters. The first-order chi connectivity index (χ1) is 14.2. The minimum Gasteiger partial charge on any atom is -0.450 e. The third-order valence-electron chi connectivity index (χ3n) is 6.18. The van der Waals surface area contributed by atoms with Crippen molar-refractivity contribution in [2.45, 2.75) is 90.4 Å². The van der Waals surface area contributed by atoms with Crippen molar-refractivity contribution in [3.05, 3.63) is 24.3 Å². The predicted octanol–water partition coefficient (Wildman–Crippen LogP) is 3.95. The van der Waals surface area contributed by atoms with Gasteiger partial charge in [0.05, 0.1) is 24.9 Å². The Labute approximate surface area is 182 Å². The second-order valence-corrected chi connectivity index (χ2v) is 9.12. The van der Waals surface area contributed by atoms with Crippen LogP contribution in [0.1, 0.15) is 72.1 Å². The zero-order valence-corrected chi connectivity index (χ0v) is 19.2. The summed E-state index contributed by atoms with van der Waals surface area (Å²) in [5.41, 5.74) is -0.203. The summed E-state index contributed by atoms with van der Waals surface area (Å²) < 4.78 is 4.95. The number of unbranched alkanes of at least 4 members (excludes halogenated alkanes) is 3. The molecule has 0 heterocycles. The van der Waals surface area contributed by atoms with Gasteiger partial charge in [0.15, 0.2) is 0 Å². The molecule has 6 heteroatoms. The molecule has 1 saturated carbocycles. The molecule has 1 aliphatic rings. The van der Waals surface area contributed by atoms with Crippen molar-refractivity contribution in [2.75, 3.05) is 13.7 Å². The average Bonchev–Trinajstić information content (AvgIpc) is 2.98. The number of nitrogens with one attached hydrogen (secondary N) is 1. The summed E-state index contributed by atoms with van der Waals surface area (Å²) in [6.07, 6.45) is 12.6. The molecule has 5 atom stereocenters. The Balaban J connectivity index is 2.49. The van der Waals surface area contributed by atoms with Crippen molar-refractivity contribution >= 4 is 6.09 Å². The molecule has 0 aromatic heterocycles. The van der Waals surface area contributed by atoms with Gasteiger partial charge in [-0.1, -0.05) is 57.9 Å². The molecule has 0 aliphatic heterocycles. The molecule has 0 aromatic rings. The number of aliphatic hydroxyl groups excluding tert-OH is 3. The Hall–Kier alpha value is -1.37. The van der Waals surface area contributed by atoms with Gasteiger partial charge in [-0.05, 0) is 43.4 Å². The topological polar surface area (TPSA) is 99.0 Å². The number of aliphatic hydroxyl groups is 3. The molecule has 0 spiro atoms. The van der Waals surface area contributed by atoms with Gasteiger partial charge in [0.2, 0.25) is 0 Å². The fourth-order valence-electron chi connectivity index (χ4n) is 3.95. The lowest BCUT2D eigenvalue weighted by Gasteiger charge is -2.29. The van der Waals surface area contributed by atoms with E-state index in [1.54, 1.807) is 0 Å². The summed E-state index contributed by atoms with van der Waals surface area (Å²) in [5.74, 6) is -0.197. The van der Waals surface area contributed by atoms with E-state index in [0.29, 0.717) is 19.4 Å². The van der Waals surface area contributed by atoms with Gasteiger partial charge in [0.25, 0.3) is 0 Å². The van der Waals surface area contributed by atoms with Crippen LogP contribution in [0.25, 0.3) is 0 Å². The standard InChI is InChI=1S/C24H43NO5/c1-5-6-15-24(2,3)22(28)14-13-19-18(20(26)17-21(19)27)12-10-8-7-9-11-16-30-23(29)25-4/h8,10,13-14,18-22,26-28H,5-7,9,11-12,15-17H2,1-4H3,(H,25,29)/b10-8-,14-13+/t18-,19-,20+,21-,22-/m1/s1. The van der Waals surface area contributed by atoms with Crippen LogP contribution >= 0.6 is 0 Å². The molecule has 6 nitrogen and oxygen atoms in total. The monoisotopic (exact) mass is 425 g/mol. The van der Waals surface area contributed by atoms with Gasteiger partial charge in [-0.3, -0.25) is 0 Å². The Morgan fingerprint density at radius 1 is 1.20 bits per heavy atom. The molecule has 4 N–H and O–H groups in total. The van der Waals surface area contributed by atoms with Gasteiger partial charge in [-0.2, -0.15) is 0 Å². The molecule has 0 radical (unpaired) electrons. The molecule has 1 aliphatic carbocycles. The number of amides is 1. The van der Waals surface area contributed by atoms with Crippen molar-refractivity contribution in [1.29, 1.82) is 0 Å². The van der Waals surface area contributed by atoms with Crippen LogP contribution in [-0.2, 0) is 4.74 Å². The van der Waals surface area contributed by atoms with Crippen molar-refractivity contribution in [1.82, 2.24) is 5.32 Å². The highest BCUT2D eigenvalue weighted by atomic mass is 16.5. The van der Waals surface area contributed by atoms with Gasteiger partial charge < -0.3 is 25.4 Å². The number of alkyl carbamates (subject to hydrolysis) is 1. The number of ether oxygens (including phenoxy) is 1. The van der Waals surface area contributed by atoms with Gasteiger partial charge in [-0.25, -0.2) is 4.79 Å². The largest absolute Gasteiger partial charge is 0.450 e. The summed E-state index contributed by atoms with van der Waals surface area (Å²) in [5, 5.41) is 33.8. The van der Waals surface area contributed by atoms with E-state index < -0.39 is 24.4 Å². The van der Waals surface area contributed by atoms with Crippen LogP contribution in [-0.4, -0.2) is 53.4 Å². The Kier molecular flexibility index (Phi) is 12.3. The summed E-state index contributed by atoms with van der Waals surface area (Å²) >= 11 is 0. The van der Waals surface area contributed by atoms with Gasteiger partial charge in [0.1, 0.15) is 0 Å². The Morgan fingerprint density at radius 3 is 2.60 bits per heavy atom. The number of allylic oxidation sites excluding steroid dienone is 2. The van der Waals surface area contributed by atoms with Crippen LogP contribution in [0.4, 0.5) is 4.79 Å². The number of hydrogen-bond acceptors (Lipinski definition) is 5. The molecule has 30 heavy (non-hydrogen) atoms. The highest BCUT2D eigenvalue weighted by molar-refractivity contribution is 5.66. The number of carbonyl (C=O) groups is 1. The van der Waals surface area contributed by atoms with E-state index in [4.69, 9.17) is 4.74 Å². The summed E-state index contributed by atoms with van der Waals surface area (Å²) in [4.78, 5) is 11.0. The highest BCUT2D eigenvalue weighted by Gasteiger charge is 2.39. The maximum Gasteiger partial charge on any atom is 0.406 e. The lowest BCUT2D eigenvalue weighted by Crippen LogP contribution is -2.28. The third kappa shape index (κ3) is 9.19. The van der Waals surface area contributed by atoms with Crippen molar-refractivity contribution in [3.63, 3.8) is 0 Å². The number of carbonyl (C=O) groups excluding carboxylic acids is 1. The molecule has 174 valence electrons. The molecule has 1 amide bonds. The summed E-state index contributed by atoms with van der Waals surface area (Å²) in [6, 6.07) is 0. The van der Waals surface area contributed by atoms with E-state index >= 15 is 0 Å². The first-order valence-corrected chi connectivity index (χ1v) is 11.4. The summed E-state index contributed by atoms with van der Waals surface area (Å²) in [6.45, 7) is 6.69. The first-order valence-electron chi connectivity index (χ1n) is 11.4. The number of rotatable bonds is 13. The predicted molar refractivity (Wildman–Crippen MR) is 120 cm³/mol. The SMILES string of the molecule is CCCCC(C)(C)[C@H](O)/C=C/[C@@H]1[C@@H](C/C=C\CCCCOC(=O)NC)[C@@H](O)C[C@H]1O. The van der Waals surface area contributed by atoms with Crippen molar-refractivity contribution < 1.29 is 24.9 Å². The average molecular weight is 426 g/mol. The molecule has 1 fully saturated rings. The van der Waals surface area contributed by atoms with Gasteiger partial charge in [-0.15, -0.1) is 0 Å². The molecule has 0 aromatic carbocycles. The molecule has 0 saturated heterocycles. The van der Waals surface area contributed by atoms with E-state index in [0.717, 1.165) is 38.5 Å². The van der Waals surface area contributed by atoms with Gasteiger partial charge in [0, 0.05) is 19.4 Å². The minimum absolute atomic E-state index is 0.0463. The van der Waals surface area contributed by atoms with Crippen LogP contribution in [0.3, 0.4) is 0 Å². The van der Waals surface area contributed by atoms with E-state index in [2.05, 4.69) is 38.2 Å². The van der Waals surface area contributed by atoms with E-state index in [9.17, 15) is 20.1 Å². The smallest absolute Gasteiger partial charge is 0.406 e. The Bertz CT molecular complexity index is 546. The second kappa shape index (κ2) is 13.8. The zero-order valence-electron chi connectivity index (χ0n) is 19.2. The minimum atomic E-state index is -0.581. The van der Waals surface area contributed by atoms with Crippen LogP contribution in [0, 0.1) is 17.3 Å². The molecule has 1 rings (SSSR count). The normalized spacial score (nSPS) is 25.8. The van der Waals surface area contributed by atoms with Crippen LogP contribution < -0.4 is 5.32 Å². The second-order valence-electron chi connectivity index (χ2n) is 9.12.